The van der Waals surface area contributed by atoms with Crippen LogP contribution in [0.2, 0.25) is 0 Å². The van der Waals surface area contributed by atoms with Gasteiger partial charge in [-0.3, -0.25) is 9.69 Å². The number of anilines is 1. The van der Waals surface area contributed by atoms with E-state index in [9.17, 15) is 4.79 Å². The number of thiazole rings is 1. The van der Waals surface area contributed by atoms with Crippen molar-refractivity contribution in [2.24, 2.45) is 0 Å². The molecule has 1 aromatic rings. The van der Waals surface area contributed by atoms with Gasteiger partial charge in [-0.25, -0.2) is 4.98 Å². The number of nitrogens with zero attached hydrogens (tertiary/aromatic N) is 2. The standard InChI is InChI=1S/C14H24N4O2S/c1-20-8-5-15-9-13(19)17-14-16-12(11-21-14)10-18-6-3-2-4-7-18/h11,15H,2-10H2,1H3,(H,16,17,19). The molecule has 0 aliphatic carbocycles. The van der Waals surface area contributed by atoms with Gasteiger partial charge in [0.25, 0.3) is 0 Å². The lowest BCUT2D eigenvalue weighted by atomic mass is 10.1. The zero-order valence-corrected chi connectivity index (χ0v) is 13.4. The minimum absolute atomic E-state index is 0.0648. The fourth-order valence-corrected chi connectivity index (χ4v) is 3.04. The summed E-state index contributed by atoms with van der Waals surface area (Å²) in [5.41, 5.74) is 1.05. The smallest absolute Gasteiger partial charge is 0.240 e. The van der Waals surface area contributed by atoms with Crippen molar-refractivity contribution in [2.45, 2.75) is 25.8 Å². The number of rotatable bonds is 8. The number of carbonyl (C=O) groups excluding carboxylic acids is 1. The Bertz CT molecular complexity index is 432. The summed E-state index contributed by atoms with van der Waals surface area (Å²) >= 11 is 1.49. The van der Waals surface area contributed by atoms with E-state index in [-0.39, 0.29) is 12.5 Å². The summed E-state index contributed by atoms with van der Waals surface area (Å²) in [6.45, 7) is 4.75. The van der Waals surface area contributed by atoms with Crippen LogP contribution in [0.5, 0.6) is 0 Å². The van der Waals surface area contributed by atoms with Gasteiger partial charge in [-0.1, -0.05) is 6.42 Å². The normalized spacial score (nSPS) is 16.0. The summed E-state index contributed by atoms with van der Waals surface area (Å²) in [4.78, 5) is 18.6. The van der Waals surface area contributed by atoms with Crippen LogP contribution in [0.1, 0.15) is 25.0 Å². The average molecular weight is 312 g/mol. The number of methoxy groups -OCH3 is 1. The first-order chi connectivity index (χ1) is 10.3. The van der Waals surface area contributed by atoms with Crippen molar-refractivity contribution < 1.29 is 9.53 Å². The molecule has 1 saturated heterocycles. The molecule has 6 nitrogen and oxygen atoms in total. The number of hydrogen-bond donors (Lipinski definition) is 2. The maximum Gasteiger partial charge on any atom is 0.240 e. The monoisotopic (exact) mass is 312 g/mol. The molecule has 7 heteroatoms. The second-order valence-corrected chi connectivity index (χ2v) is 6.06. The Morgan fingerprint density at radius 2 is 2.24 bits per heavy atom. The minimum atomic E-state index is -0.0648. The molecule has 0 aromatic carbocycles. The summed E-state index contributed by atoms with van der Waals surface area (Å²) in [5, 5.41) is 8.54. The van der Waals surface area contributed by atoms with E-state index < -0.39 is 0 Å². The molecule has 1 aliphatic heterocycles. The van der Waals surface area contributed by atoms with E-state index in [0.29, 0.717) is 18.3 Å². The number of carbonyl (C=O) groups is 1. The van der Waals surface area contributed by atoms with Gasteiger partial charge in [-0.15, -0.1) is 11.3 Å². The summed E-state index contributed by atoms with van der Waals surface area (Å²) in [5.74, 6) is -0.0648. The van der Waals surface area contributed by atoms with Gasteiger partial charge in [0.2, 0.25) is 5.91 Å². The van der Waals surface area contributed by atoms with Crippen LogP contribution in [-0.4, -0.2) is 55.7 Å². The van der Waals surface area contributed by atoms with Gasteiger partial charge in [-0.2, -0.15) is 0 Å². The van der Waals surface area contributed by atoms with E-state index in [1.165, 1.54) is 30.6 Å². The van der Waals surface area contributed by atoms with Gasteiger partial charge in [0.1, 0.15) is 0 Å². The molecule has 0 radical (unpaired) electrons. The Balaban J connectivity index is 1.70. The fraction of sp³-hybridized carbons (Fsp3) is 0.714. The maximum absolute atomic E-state index is 11.7. The molecule has 0 atom stereocenters. The predicted octanol–water partition coefficient (Wildman–Crippen LogP) is 1.30. The summed E-state index contributed by atoms with van der Waals surface area (Å²) in [6.07, 6.45) is 3.90. The molecule has 0 saturated carbocycles. The number of likely N-dealkylation sites (tertiary alicyclic amines) is 1. The highest BCUT2D eigenvalue weighted by Gasteiger charge is 2.13. The summed E-state index contributed by atoms with van der Waals surface area (Å²) in [6, 6.07) is 0. The second kappa shape index (κ2) is 9.09. The highest BCUT2D eigenvalue weighted by atomic mass is 32.1. The van der Waals surface area contributed by atoms with Crippen molar-refractivity contribution in [1.29, 1.82) is 0 Å². The molecule has 2 heterocycles. The molecule has 0 spiro atoms. The lowest BCUT2D eigenvalue weighted by Gasteiger charge is -2.25. The Labute approximate surface area is 129 Å². The SMILES string of the molecule is COCCNCC(=O)Nc1nc(CN2CCCCC2)cs1. The highest BCUT2D eigenvalue weighted by molar-refractivity contribution is 7.13. The third-order valence-electron chi connectivity index (χ3n) is 3.40. The zero-order chi connectivity index (χ0) is 14.9. The van der Waals surface area contributed by atoms with Gasteiger partial charge in [0.05, 0.1) is 18.8 Å². The predicted molar refractivity (Wildman–Crippen MR) is 84.6 cm³/mol. The minimum Gasteiger partial charge on any atom is -0.383 e. The van der Waals surface area contributed by atoms with Gasteiger partial charge in [0.15, 0.2) is 5.13 Å². The first kappa shape index (κ1) is 16.4. The van der Waals surface area contributed by atoms with Crippen molar-refractivity contribution in [3.63, 3.8) is 0 Å². The first-order valence-electron chi connectivity index (χ1n) is 7.44. The van der Waals surface area contributed by atoms with Crippen LogP contribution < -0.4 is 10.6 Å². The van der Waals surface area contributed by atoms with Crippen LogP contribution in [0.15, 0.2) is 5.38 Å². The lowest BCUT2D eigenvalue weighted by molar-refractivity contribution is -0.115. The zero-order valence-electron chi connectivity index (χ0n) is 12.6. The van der Waals surface area contributed by atoms with Crippen molar-refractivity contribution in [1.82, 2.24) is 15.2 Å². The number of nitrogens with one attached hydrogen (secondary N) is 2. The van der Waals surface area contributed by atoms with Gasteiger partial charge in [0, 0.05) is 25.6 Å². The topological polar surface area (TPSA) is 66.5 Å². The molecule has 0 unspecified atom stereocenters. The molecule has 2 N–H and O–H groups in total. The van der Waals surface area contributed by atoms with Crippen molar-refractivity contribution >= 4 is 22.4 Å². The number of piperidine rings is 1. The second-order valence-electron chi connectivity index (χ2n) is 5.20. The van der Waals surface area contributed by atoms with Crippen LogP contribution in [-0.2, 0) is 16.1 Å². The van der Waals surface area contributed by atoms with Gasteiger partial charge >= 0.3 is 0 Å². The van der Waals surface area contributed by atoms with E-state index in [0.717, 1.165) is 25.3 Å². The van der Waals surface area contributed by atoms with Crippen molar-refractivity contribution in [3.05, 3.63) is 11.1 Å². The molecule has 1 aromatic heterocycles. The Kier molecular flexibility index (Phi) is 7.08. The summed E-state index contributed by atoms with van der Waals surface area (Å²) in [7, 11) is 1.64. The van der Waals surface area contributed by atoms with Gasteiger partial charge < -0.3 is 15.4 Å². The van der Waals surface area contributed by atoms with Crippen molar-refractivity contribution in [3.8, 4) is 0 Å². The fourth-order valence-electron chi connectivity index (χ4n) is 2.32. The van der Waals surface area contributed by atoms with E-state index in [4.69, 9.17) is 4.74 Å². The van der Waals surface area contributed by atoms with E-state index in [1.54, 1.807) is 7.11 Å². The molecular weight excluding hydrogens is 288 g/mol. The number of hydrogen-bond acceptors (Lipinski definition) is 6. The molecule has 0 bridgehead atoms. The van der Waals surface area contributed by atoms with Crippen LogP contribution >= 0.6 is 11.3 Å². The molecule has 118 valence electrons. The van der Waals surface area contributed by atoms with Crippen LogP contribution in [0, 0.1) is 0 Å². The van der Waals surface area contributed by atoms with Gasteiger partial charge in [-0.05, 0) is 25.9 Å². The third-order valence-corrected chi connectivity index (χ3v) is 4.21. The number of ether oxygens (including phenoxy) is 1. The molecular formula is C14H24N4O2S. The number of aromatic nitrogens is 1. The van der Waals surface area contributed by atoms with E-state index in [2.05, 4.69) is 20.5 Å². The Morgan fingerprint density at radius 1 is 1.43 bits per heavy atom. The maximum atomic E-state index is 11.7. The summed E-state index contributed by atoms with van der Waals surface area (Å²) < 4.78 is 4.91. The molecule has 21 heavy (non-hydrogen) atoms. The Morgan fingerprint density at radius 3 is 3.00 bits per heavy atom. The lowest BCUT2D eigenvalue weighted by Crippen LogP contribution is -2.30. The largest absolute Gasteiger partial charge is 0.383 e. The average Bonchev–Trinajstić information content (AvgIpc) is 2.92. The van der Waals surface area contributed by atoms with Crippen LogP contribution in [0.4, 0.5) is 5.13 Å². The molecule has 1 aliphatic rings. The van der Waals surface area contributed by atoms with Crippen molar-refractivity contribution in [2.75, 3.05) is 45.2 Å². The first-order valence-corrected chi connectivity index (χ1v) is 8.32. The van der Waals surface area contributed by atoms with Crippen LogP contribution in [0.25, 0.3) is 0 Å². The van der Waals surface area contributed by atoms with Crippen LogP contribution in [0.3, 0.4) is 0 Å². The number of amides is 1. The van der Waals surface area contributed by atoms with E-state index in [1.807, 2.05) is 5.38 Å². The van der Waals surface area contributed by atoms with E-state index >= 15 is 0 Å². The highest BCUT2D eigenvalue weighted by Crippen LogP contribution is 2.18. The molecule has 2 rings (SSSR count). The molecule has 1 fully saturated rings. The molecule has 1 amide bonds. The third kappa shape index (κ3) is 6.09. The Hall–Kier alpha value is -1.02. The quantitative estimate of drug-likeness (QED) is 0.708.